The monoisotopic (exact) mass is 212 g/mol. The zero-order valence-corrected chi connectivity index (χ0v) is 7.99. The standard InChI is InChI=1S/C10H9FO4/c1-2-15-10(14)6-3-4-8(11)7(5-6)9(12)13/h3-5H,2H2,1H3,(H,12,13). The van der Waals surface area contributed by atoms with Crippen LogP contribution < -0.4 is 0 Å². The molecule has 1 rings (SSSR count). The lowest BCUT2D eigenvalue weighted by atomic mass is 10.1. The molecule has 0 fully saturated rings. The fourth-order valence-corrected chi connectivity index (χ4v) is 1.03. The molecule has 0 aliphatic heterocycles. The number of hydrogen-bond donors (Lipinski definition) is 1. The van der Waals surface area contributed by atoms with Crippen LogP contribution in [0.25, 0.3) is 0 Å². The lowest BCUT2D eigenvalue weighted by Crippen LogP contribution is -2.08. The van der Waals surface area contributed by atoms with E-state index in [1.165, 1.54) is 6.07 Å². The third kappa shape index (κ3) is 2.52. The van der Waals surface area contributed by atoms with E-state index in [2.05, 4.69) is 4.74 Å². The lowest BCUT2D eigenvalue weighted by molar-refractivity contribution is 0.0526. The van der Waals surface area contributed by atoms with E-state index in [0.717, 1.165) is 12.1 Å². The molecule has 0 amide bonds. The summed E-state index contributed by atoms with van der Waals surface area (Å²) in [5.41, 5.74) is -0.517. The second-order valence-electron chi connectivity index (χ2n) is 2.72. The summed E-state index contributed by atoms with van der Waals surface area (Å²) < 4.78 is 17.6. The van der Waals surface area contributed by atoms with Gasteiger partial charge in [0.1, 0.15) is 5.82 Å². The van der Waals surface area contributed by atoms with Crippen LogP contribution in [0, 0.1) is 5.82 Å². The van der Waals surface area contributed by atoms with Crippen LogP contribution in [-0.2, 0) is 4.74 Å². The van der Waals surface area contributed by atoms with Crippen LogP contribution >= 0.6 is 0 Å². The number of ether oxygens (including phenoxy) is 1. The minimum atomic E-state index is -1.42. The molecular formula is C10H9FO4. The number of carbonyl (C=O) groups excluding carboxylic acids is 1. The van der Waals surface area contributed by atoms with E-state index in [1.807, 2.05) is 0 Å². The average Bonchev–Trinajstić information content (AvgIpc) is 2.18. The van der Waals surface area contributed by atoms with E-state index >= 15 is 0 Å². The summed E-state index contributed by atoms with van der Waals surface area (Å²) in [4.78, 5) is 21.8. The molecule has 0 heterocycles. The number of hydrogen-bond acceptors (Lipinski definition) is 3. The molecule has 1 aromatic rings. The molecule has 0 aromatic heterocycles. The van der Waals surface area contributed by atoms with Crippen molar-refractivity contribution >= 4 is 11.9 Å². The predicted octanol–water partition coefficient (Wildman–Crippen LogP) is 1.70. The zero-order valence-electron chi connectivity index (χ0n) is 7.99. The number of rotatable bonds is 3. The van der Waals surface area contributed by atoms with Gasteiger partial charge in [0.15, 0.2) is 0 Å². The number of esters is 1. The Hall–Kier alpha value is -1.91. The van der Waals surface area contributed by atoms with Crippen molar-refractivity contribution in [2.45, 2.75) is 6.92 Å². The van der Waals surface area contributed by atoms with Gasteiger partial charge in [0.05, 0.1) is 17.7 Å². The fraction of sp³-hybridized carbons (Fsp3) is 0.200. The lowest BCUT2D eigenvalue weighted by Gasteiger charge is -2.03. The van der Waals surface area contributed by atoms with Crippen molar-refractivity contribution in [2.75, 3.05) is 6.61 Å². The van der Waals surface area contributed by atoms with Crippen LogP contribution in [0.1, 0.15) is 27.6 Å². The molecule has 0 unspecified atom stereocenters. The largest absolute Gasteiger partial charge is 0.478 e. The molecule has 0 aliphatic rings. The van der Waals surface area contributed by atoms with Crippen LogP contribution in [-0.4, -0.2) is 23.7 Å². The first-order valence-corrected chi connectivity index (χ1v) is 4.26. The van der Waals surface area contributed by atoms with Crippen LogP contribution in [0.2, 0.25) is 0 Å². The topological polar surface area (TPSA) is 63.6 Å². The Morgan fingerprint density at radius 3 is 2.67 bits per heavy atom. The number of carboxylic acid groups (broad SMARTS) is 1. The Morgan fingerprint density at radius 1 is 1.47 bits per heavy atom. The van der Waals surface area contributed by atoms with E-state index in [0.29, 0.717) is 0 Å². The summed E-state index contributed by atoms with van der Waals surface area (Å²) in [6.45, 7) is 1.80. The van der Waals surface area contributed by atoms with Gasteiger partial charge in [0.2, 0.25) is 0 Å². The van der Waals surface area contributed by atoms with Gasteiger partial charge < -0.3 is 9.84 Å². The van der Waals surface area contributed by atoms with Crippen molar-refractivity contribution in [3.63, 3.8) is 0 Å². The van der Waals surface area contributed by atoms with Gasteiger partial charge in [-0.3, -0.25) is 0 Å². The van der Waals surface area contributed by atoms with Crippen molar-refractivity contribution in [1.82, 2.24) is 0 Å². The van der Waals surface area contributed by atoms with Crippen LogP contribution in [0.3, 0.4) is 0 Å². The van der Waals surface area contributed by atoms with E-state index in [4.69, 9.17) is 5.11 Å². The summed E-state index contributed by atoms with van der Waals surface area (Å²) in [6, 6.07) is 3.06. The Kier molecular flexibility index (Phi) is 3.38. The molecule has 0 atom stereocenters. The molecule has 0 saturated heterocycles. The first-order chi connectivity index (χ1) is 7.06. The molecule has 0 radical (unpaired) electrons. The normalized spacial score (nSPS) is 9.73. The molecule has 4 nitrogen and oxygen atoms in total. The second-order valence-corrected chi connectivity index (χ2v) is 2.72. The third-order valence-electron chi connectivity index (χ3n) is 1.71. The van der Waals surface area contributed by atoms with Crippen LogP contribution in [0.4, 0.5) is 4.39 Å². The Bertz CT molecular complexity index is 400. The minimum absolute atomic E-state index is 0.0238. The predicted molar refractivity (Wildman–Crippen MR) is 49.3 cm³/mol. The molecule has 1 N–H and O–H groups in total. The van der Waals surface area contributed by atoms with Gasteiger partial charge in [-0.1, -0.05) is 0 Å². The molecule has 5 heteroatoms. The van der Waals surface area contributed by atoms with Crippen molar-refractivity contribution in [3.05, 3.63) is 35.1 Å². The highest BCUT2D eigenvalue weighted by Gasteiger charge is 2.14. The van der Waals surface area contributed by atoms with Crippen molar-refractivity contribution in [1.29, 1.82) is 0 Å². The van der Waals surface area contributed by atoms with Gasteiger partial charge >= 0.3 is 11.9 Å². The Balaban J connectivity index is 3.07. The molecule has 0 spiro atoms. The summed E-state index contributed by atoms with van der Waals surface area (Å²) in [6.07, 6.45) is 0. The fourth-order valence-electron chi connectivity index (χ4n) is 1.03. The molecule has 1 aromatic carbocycles. The first kappa shape index (κ1) is 11.2. The summed E-state index contributed by atoms with van der Waals surface area (Å²) in [5.74, 6) is -2.96. The van der Waals surface area contributed by atoms with Gasteiger partial charge in [-0.25, -0.2) is 14.0 Å². The maximum atomic E-state index is 12.9. The quantitative estimate of drug-likeness (QED) is 0.774. The number of halogens is 1. The average molecular weight is 212 g/mol. The summed E-state index contributed by atoms with van der Waals surface area (Å²) in [5, 5.41) is 8.61. The second kappa shape index (κ2) is 4.54. The SMILES string of the molecule is CCOC(=O)c1ccc(F)c(C(=O)O)c1. The Morgan fingerprint density at radius 2 is 2.13 bits per heavy atom. The highest BCUT2D eigenvalue weighted by molar-refractivity contribution is 5.94. The Labute approximate surface area is 85.3 Å². The van der Waals surface area contributed by atoms with Crippen LogP contribution in [0.15, 0.2) is 18.2 Å². The number of carbonyl (C=O) groups is 2. The zero-order chi connectivity index (χ0) is 11.4. The highest BCUT2D eigenvalue weighted by atomic mass is 19.1. The van der Waals surface area contributed by atoms with Gasteiger partial charge in [-0.2, -0.15) is 0 Å². The minimum Gasteiger partial charge on any atom is -0.478 e. The first-order valence-electron chi connectivity index (χ1n) is 4.26. The van der Waals surface area contributed by atoms with Crippen LogP contribution in [0.5, 0.6) is 0 Å². The maximum absolute atomic E-state index is 12.9. The number of benzene rings is 1. The summed E-state index contributed by atoms with van der Waals surface area (Å²) in [7, 11) is 0. The molecule has 0 bridgehead atoms. The van der Waals surface area contributed by atoms with E-state index in [1.54, 1.807) is 6.92 Å². The van der Waals surface area contributed by atoms with Crippen molar-refractivity contribution in [2.24, 2.45) is 0 Å². The van der Waals surface area contributed by atoms with Gasteiger partial charge in [0.25, 0.3) is 0 Å². The van der Waals surface area contributed by atoms with Gasteiger partial charge in [-0.15, -0.1) is 0 Å². The highest BCUT2D eigenvalue weighted by Crippen LogP contribution is 2.11. The van der Waals surface area contributed by atoms with Crippen molar-refractivity contribution < 1.29 is 23.8 Å². The molecule has 80 valence electrons. The van der Waals surface area contributed by atoms with E-state index in [-0.39, 0.29) is 12.2 Å². The molecule has 0 saturated carbocycles. The maximum Gasteiger partial charge on any atom is 0.338 e. The summed E-state index contributed by atoms with van der Waals surface area (Å²) >= 11 is 0. The molecular weight excluding hydrogens is 203 g/mol. The molecule has 15 heavy (non-hydrogen) atoms. The van der Waals surface area contributed by atoms with E-state index < -0.39 is 23.3 Å². The third-order valence-corrected chi connectivity index (χ3v) is 1.71. The van der Waals surface area contributed by atoms with E-state index in [9.17, 15) is 14.0 Å². The smallest absolute Gasteiger partial charge is 0.338 e. The van der Waals surface area contributed by atoms with Gasteiger partial charge in [0, 0.05) is 0 Å². The number of carboxylic acids is 1. The molecule has 0 aliphatic carbocycles. The van der Waals surface area contributed by atoms with Crippen molar-refractivity contribution in [3.8, 4) is 0 Å². The van der Waals surface area contributed by atoms with Gasteiger partial charge in [-0.05, 0) is 25.1 Å². The number of aromatic carboxylic acids is 1.